The molecule has 5 aromatic rings. The zero-order valence-corrected chi connectivity index (χ0v) is 22.2. The third-order valence-electron chi connectivity index (χ3n) is 6.24. The van der Waals surface area contributed by atoms with Crippen LogP contribution in [0.1, 0.15) is 21.7 Å². The van der Waals surface area contributed by atoms with Gasteiger partial charge in [-0.25, -0.2) is 18.4 Å². The summed E-state index contributed by atoms with van der Waals surface area (Å²) in [6.45, 7) is 2.28. The largest absolute Gasteiger partial charge is 0.495 e. The second-order valence-electron chi connectivity index (χ2n) is 8.93. The number of carbonyl (C=O) groups excluding carboxylic acids is 1. The molecule has 1 N–H and O–H groups in total. The predicted molar refractivity (Wildman–Crippen MR) is 144 cm³/mol. The van der Waals surface area contributed by atoms with Crippen LogP contribution in [0.3, 0.4) is 0 Å². The second kappa shape index (κ2) is 9.75. The fourth-order valence-corrected chi connectivity index (χ4v) is 5.30. The Bertz CT molecular complexity index is 1790. The molecule has 0 spiro atoms. The van der Waals surface area contributed by atoms with Crippen LogP contribution in [0.5, 0.6) is 5.75 Å². The number of anilines is 1. The van der Waals surface area contributed by atoms with Gasteiger partial charge in [0, 0.05) is 49.4 Å². The lowest BCUT2D eigenvalue weighted by Gasteiger charge is -2.11. The lowest BCUT2D eigenvalue weighted by molar-refractivity contribution is 0.111. The first-order valence-corrected chi connectivity index (χ1v) is 13.6. The van der Waals surface area contributed by atoms with Crippen molar-refractivity contribution in [2.45, 2.75) is 18.4 Å². The first-order chi connectivity index (χ1) is 18.2. The Hall–Kier alpha value is -4.51. The number of aldehydes is 1. The third-order valence-corrected chi connectivity index (χ3v) is 7.35. The summed E-state index contributed by atoms with van der Waals surface area (Å²) in [7, 11) is -0.187. The van der Waals surface area contributed by atoms with Crippen molar-refractivity contribution in [3.05, 3.63) is 77.9 Å². The van der Waals surface area contributed by atoms with E-state index in [2.05, 4.69) is 26.4 Å². The average molecular weight is 531 g/mol. The molecule has 0 atom stereocenters. The van der Waals surface area contributed by atoms with Gasteiger partial charge in [0.1, 0.15) is 28.0 Å². The van der Waals surface area contributed by atoms with E-state index in [1.165, 1.54) is 7.11 Å². The molecule has 0 radical (unpaired) electrons. The molecule has 0 aliphatic carbocycles. The van der Waals surface area contributed by atoms with Crippen LogP contribution in [0.15, 0.2) is 65.8 Å². The van der Waals surface area contributed by atoms with Crippen molar-refractivity contribution >= 4 is 27.6 Å². The number of sulfone groups is 1. The molecule has 0 unspecified atom stereocenters. The lowest BCUT2D eigenvalue weighted by Crippen LogP contribution is -2.08. The van der Waals surface area contributed by atoms with Gasteiger partial charge < -0.3 is 14.6 Å². The average Bonchev–Trinajstić information content (AvgIpc) is 3.48. The van der Waals surface area contributed by atoms with Crippen molar-refractivity contribution in [3.63, 3.8) is 0 Å². The Balaban J connectivity index is 1.56. The van der Waals surface area contributed by atoms with Gasteiger partial charge in [-0.3, -0.25) is 4.79 Å². The monoisotopic (exact) mass is 530 g/mol. The molecular weight excluding hydrogens is 504 g/mol. The minimum absolute atomic E-state index is 0.0636. The Morgan fingerprint density at radius 3 is 2.61 bits per heavy atom. The minimum Gasteiger partial charge on any atom is -0.495 e. The molecule has 0 bridgehead atoms. The van der Waals surface area contributed by atoms with Gasteiger partial charge >= 0.3 is 0 Å². The van der Waals surface area contributed by atoms with Gasteiger partial charge in [0.15, 0.2) is 21.8 Å². The fourth-order valence-electron chi connectivity index (χ4n) is 4.45. The van der Waals surface area contributed by atoms with Crippen LogP contribution in [0.2, 0.25) is 0 Å². The first-order valence-electron chi connectivity index (χ1n) is 11.7. The van der Waals surface area contributed by atoms with Crippen LogP contribution in [-0.2, 0) is 23.4 Å². The van der Waals surface area contributed by atoms with E-state index in [0.29, 0.717) is 41.1 Å². The van der Waals surface area contributed by atoms with Crippen molar-refractivity contribution in [2.24, 2.45) is 7.05 Å². The topological polar surface area (TPSA) is 120 Å². The van der Waals surface area contributed by atoms with E-state index in [9.17, 15) is 13.2 Å². The number of ether oxygens (including phenoxy) is 1. The zero-order valence-electron chi connectivity index (χ0n) is 21.3. The molecule has 194 valence electrons. The number of carbonyl (C=O) groups is 1. The molecule has 3 heterocycles. The predicted octanol–water partition coefficient (Wildman–Crippen LogP) is 3.94. The highest BCUT2D eigenvalue weighted by Crippen LogP contribution is 2.34. The molecule has 11 heteroatoms. The number of benzene rings is 2. The van der Waals surface area contributed by atoms with Crippen molar-refractivity contribution in [1.82, 2.24) is 24.1 Å². The highest BCUT2D eigenvalue weighted by Gasteiger charge is 2.21. The molecule has 2 aromatic carbocycles. The fraction of sp³-hybridized carbons (Fsp3) is 0.185. The SMILES string of the molecule is COc1ccc(-c2c(C)nn3c(NCc4cccc(-c5nccn5C)c4)cc(C=O)nc23)cc1S(C)(=O)=O. The van der Waals surface area contributed by atoms with Crippen LogP contribution in [-0.4, -0.2) is 52.2 Å². The van der Waals surface area contributed by atoms with Crippen LogP contribution in [0, 0.1) is 6.92 Å². The maximum Gasteiger partial charge on any atom is 0.179 e. The van der Waals surface area contributed by atoms with E-state index in [0.717, 1.165) is 23.2 Å². The van der Waals surface area contributed by atoms with Crippen LogP contribution in [0.4, 0.5) is 5.82 Å². The lowest BCUT2D eigenvalue weighted by atomic mass is 10.1. The zero-order chi connectivity index (χ0) is 27.0. The number of fused-ring (bicyclic) bond motifs is 1. The number of aromatic nitrogens is 5. The molecule has 0 aliphatic heterocycles. The number of hydrogen-bond acceptors (Lipinski definition) is 8. The minimum atomic E-state index is -3.56. The Kier molecular flexibility index (Phi) is 6.45. The molecule has 0 saturated carbocycles. The molecule has 0 amide bonds. The first kappa shape index (κ1) is 25.2. The summed E-state index contributed by atoms with van der Waals surface area (Å²) in [4.78, 5) is 20.8. The van der Waals surface area contributed by atoms with E-state index in [4.69, 9.17) is 4.74 Å². The quantitative estimate of drug-likeness (QED) is 0.300. The van der Waals surface area contributed by atoms with Gasteiger partial charge in [0.05, 0.1) is 12.8 Å². The Morgan fingerprint density at radius 2 is 1.92 bits per heavy atom. The van der Waals surface area contributed by atoms with E-state index >= 15 is 0 Å². The van der Waals surface area contributed by atoms with E-state index < -0.39 is 9.84 Å². The highest BCUT2D eigenvalue weighted by molar-refractivity contribution is 7.90. The van der Waals surface area contributed by atoms with Gasteiger partial charge in [-0.15, -0.1) is 0 Å². The highest BCUT2D eigenvalue weighted by atomic mass is 32.2. The summed E-state index contributed by atoms with van der Waals surface area (Å²) >= 11 is 0. The van der Waals surface area contributed by atoms with E-state index in [-0.39, 0.29) is 16.3 Å². The summed E-state index contributed by atoms with van der Waals surface area (Å²) in [6.07, 6.45) is 5.46. The van der Waals surface area contributed by atoms with Crippen molar-refractivity contribution in [3.8, 4) is 28.3 Å². The van der Waals surface area contributed by atoms with Crippen molar-refractivity contribution in [2.75, 3.05) is 18.7 Å². The third kappa shape index (κ3) is 4.63. The van der Waals surface area contributed by atoms with Gasteiger partial charge in [0.25, 0.3) is 0 Å². The van der Waals surface area contributed by atoms with Crippen molar-refractivity contribution < 1.29 is 17.9 Å². The van der Waals surface area contributed by atoms with E-state index in [1.807, 2.05) is 42.9 Å². The molecule has 0 saturated heterocycles. The number of imidazole rings is 1. The number of nitrogens with one attached hydrogen (secondary N) is 1. The van der Waals surface area contributed by atoms with Gasteiger partial charge in [-0.2, -0.15) is 9.61 Å². The second-order valence-corrected chi connectivity index (χ2v) is 10.9. The Morgan fingerprint density at radius 1 is 1.11 bits per heavy atom. The van der Waals surface area contributed by atoms with E-state index in [1.54, 1.807) is 35.0 Å². The maximum atomic E-state index is 12.4. The number of hydrogen-bond donors (Lipinski definition) is 1. The molecule has 38 heavy (non-hydrogen) atoms. The normalized spacial score (nSPS) is 11.6. The molecular formula is C27H26N6O4S. The smallest absolute Gasteiger partial charge is 0.179 e. The summed E-state index contributed by atoms with van der Waals surface area (Å²) in [6, 6.07) is 14.6. The van der Waals surface area contributed by atoms with Gasteiger partial charge in [0.2, 0.25) is 0 Å². The molecule has 0 aliphatic rings. The van der Waals surface area contributed by atoms with Crippen LogP contribution < -0.4 is 10.1 Å². The molecule has 0 fully saturated rings. The molecule has 3 aromatic heterocycles. The molecule has 10 nitrogen and oxygen atoms in total. The Labute approximate surface area is 219 Å². The standard InChI is InChI=1S/C27H26N6O4S/c1-17-25(19-8-9-22(37-3)23(13-19)38(4,35)36)27-30-21(16-34)14-24(33(27)31-17)29-15-18-6-5-7-20(12-18)26-28-10-11-32(26)2/h5-14,16,29H,15H2,1-4H3. The number of methoxy groups -OCH3 is 1. The molecule has 5 rings (SSSR count). The summed E-state index contributed by atoms with van der Waals surface area (Å²) in [5.41, 5.74) is 4.51. The summed E-state index contributed by atoms with van der Waals surface area (Å²) < 4.78 is 33.6. The maximum absolute atomic E-state index is 12.4. The summed E-state index contributed by atoms with van der Waals surface area (Å²) in [5.74, 6) is 1.69. The van der Waals surface area contributed by atoms with Crippen molar-refractivity contribution in [1.29, 1.82) is 0 Å². The summed E-state index contributed by atoms with van der Waals surface area (Å²) in [5, 5.41) is 8.03. The van der Waals surface area contributed by atoms with Gasteiger partial charge in [-0.1, -0.05) is 24.3 Å². The van der Waals surface area contributed by atoms with Gasteiger partial charge in [-0.05, 0) is 36.2 Å². The number of rotatable bonds is 8. The van der Waals surface area contributed by atoms with Crippen LogP contribution >= 0.6 is 0 Å². The number of aryl methyl sites for hydroxylation is 2. The number of nitrogens with zero attached hydrogens (tertiary/aromatic N) is 5. The van der Waals surface area contributed by atoms with Crippen LogP contribution in [0.25, 0.3) is 28.2 Å².